The van der Waals surface area contributed by atoms with E-state index < -0.39 is 11.2 Å². The molecule has 0 aliphatic carbocycles. The summed E-state index contributed by atoms with van der Waals surface area (Å²) in [4.78, 5) is 54.3. The minimum atomic E-state index is -0.521. The molecule has 0 saturated heterocycles. The number of anilines is 1. The minimum absolute atomic E-state index is 0.104. The van der Waals surface area contributed by atoms with Crippen LogP contribution in [0.4, 0.5) is 5.69 Å². The van der Waals surface area contributed by atoms with Crippen LogP contribution in [0.3, 0.4) is 0 Å². The van der Waals surface area contributed by atoms with Gasteiger partial charge in [0.1, 0.15) is 6.54 Å². The smallest absolute Gasteiger partial charge is 0.328 e. The minimum Gasteiger partial charge on any atom is -0.329 e. The lowest BCUT2D eigenvalue weighted by atomic mass is 10.1. The number of para-hydroxylation sites is 1. The Bertz CT molecular complexity index is 1240. The van der Waals surface area contributed by atoms with Gasteiger partial charge in [-0.2, -0.15) is 0 Å². The molecule has 1 aromatic heterocycles. The first kappa shape index (κ1) is 22.0. The highest BCUT2D eigenvalue weighted by Gasteiger charge is 2.20. The number of carbonyl (C=O) groups excluding carboxylic acids is 2. The normalized spacial score (nSPS) is 10.8. The van der Waals surface area contributed by atoms with Crippen LogP contribution in [-0.4, -0.2) is 39.4 Å². The van der Waals surface area contributed by atoms with E-state index in [9.17, 15) is 19.2 Å². The summed E-state index contributed by atoms with van der Waals surface area (Å²) in [6.07, 6.45) is 0.676. The molecule has 162 valence electrons. The molecule has 31 heavy (non-hydrogen) atoms. The highest BCUT2D eigenvalue weighted by Crippen LogP contribution is 2.15. The zero-order chi connectivity index (χ0) is 22.5. The van der Waals surface area contributed by atoms with Gasteiger partial charge in [-0.25, -0.2) is 4.79 Å². The Balaban J connectivity index is 1.86. The topological polar surface area (TPSA) is 104 Å². The largest absolute Gasteiger partial charge is 0.329 e. The van der Waals surface area contributed by atoms with Gasteiger partial charge in [-0.05, 0) is 50.1 Å². The zero-order valence-corrected chi connectivity index (χ0v) is 17.9. The summed E-state index contributed by atoms with van der Waals surface area (Å²) < 4.78 is 1.10. The monoisotopic (exact) mass is 422 g/mol. The van der Waals surface area contributed by atoms with Crippen LogP contribution in [0.1, 0.15) is 36.2 Å². The maximum atomic E-state index is 13.1. The van der Waals surface area contributed by atoms with E-state index in [0.717, 1.165) is 10.1 Å². The average molecular weight is 422 g/mol. The van der Waals surface area contributed by atoms with Crippen molar-refractivity contribution in [1.29, 1.82) is 0 Å². The first-order chi connectivity index (χ1) is 14.8. The van der Waals surface area contributed by atoms with E-state index in [1.54, 1.807) is 13.0 Å². The van der Waals surface area contributed by atoms with E-state index >= 15 is 0 Å². The summed E-state index contributed by atoms with van der Waals surface area (Å²) >= 11 is 0. The van der Waals surface area contributed by atoms with Crippen LogP contribution in [0.25, 0.3) is 10.9 Å². The number of aryl methyl sites for hydroxylation is 1. The van der Waals surface area contributed by atoms with Gasteiger partial charge in [-0.15, -0.1) is 0 Å². The molecular formula is C23H26N4O4. The van der Waals surface area contributed by atoms with Crippen molar-refractivity contribution in [3.63, 3.8) is 0 Å². The average Bonchev–Trinajstić information content (AvgIpc) is 2.74. The number of aromatic nitrogens is 2. The number of fused-ring (bicyclic) bond motifs is 1. The number of hydrogen-bond donors (Lipinski definition) is 2. The van der Waals surface area contributed by atoms with Gasteiger partial charge in [-0.3, -0.25) is 19.0 Å². The van der Waals surface area contributed by atoms with Gasteiger partial charge in [0.05, 0.1) is 10.9 Å². The predicted octanol–water partition coefficient (Wildman–Crippen LogP) is 2.51. The van der Waals surface area contributed by atoms with Crippen molar-refractivity contribution < 1.29 is 9.59 Å². The molecule has 8 nitrogen and oxygen atoms in total. The third-order valence-electron chi connectivity index (χ3n) is 5.08. The Morgan fingerprint density at radius 1 is 1.10 bits per heavy atom. The Hall–Kier alpha value is -3.68. The van der Waals surface area contributed by atoms with E-state index in [1.807, 2.05) is 38.1 Å². The number of rotatable bonds is 7. The number of hydrogen-bond acceptors (Lipinski definition) is 4. The van der Waals surface area contributed by atoms with Crippen LogP contribution in [0, 0.1) is 6.92 Å². The van der Waals surface area contributed by atoms with Gasteiger partial charge in [0.25, 0.3) is 11.5 Å². The van der Waals surface area contributed by atoms with Crippen molar-refractivity contribution >= 4 is 28.4 Å². The lowest BCUT2D eigenvalue weighted by molar-refractivity contribution is -0.116. The number of H-pyrrole nitrogens is 1. The molecule has 0 spiro atoms. The van der Waals surface area contributed by atoms with Crippen LogP contribution in [-0.2, 0) is 11.3 Å². The molecule has 2 amide bonds. The highest BCUT2D eigenvalue weighted by atomic mass is 16.2. The molecule has 8 heteroatoms. The molecule has 3 rings (SSSR count). The van der Waals surface area contributed by atoms with Gasteiger partial charge in [0.15, 0.2) is 0 Å². The molecule has 2 aromatic carbocycles. The van der Waals surface area contributed by atoms with E-state index in [0.29, 0.717) is 35.1 Å². The number of amides is 2. The number of benzene rings is 2. The zero-order valence-electron chi connectivity index (χ0n) is 17.9. The Morgan fingerprint density at radius 2 is 1.84 bits per heavy atom. The lowest BCUT2D eigenvalue weighted by Gasteiger charge is -2.22. The molecule has 0 radical (unpaired) electrons. The fourth-order valence-electron chi connectivity index (χ4n) is 3.46. The first-order valence-corrected chi connectivity index (χ1v) is 10.3. The first-order valence-electron chi connectivity index (χ1n) is 10.3. The second kappa shape index (κ2) is 9.42. The maximum absolute atomic E-state index is 13.1. The van der Waals surface area contributed by atoms with Crippen LogP contribution in [0.5, 0.6) is 0 Å². The Labute approximate surface area is 179 Å². The SMILES string of the molecule is CCCN(CC(=O)Nc1ccccc1C)C(=O)c1ccc2c(=O)n(CC)c(=O)[nH]c2c1. The maximum Gasteiger partial charge on any atom is 0.328 e. The Morgan fingerprint density at radius 3 is 2.52 bits per heavy atom. The van der Waals surface area contributed by atoms with E-state index in [4.69, 9.17) is 0 Å². The molecule has 0 atom stereocenters. The molecule has 0 fully saturated rings. The highest BCUT2D eigenvalue weighted by molar-refractivity contribution is 6.01. The summed E-state index contributed by atoms with van der Waals surface area (Å²) in [5.41, 5.74) is 1.31. The third kappa shape index (κ3) is 4.74. The van der Waals surface area contributed by atoms with Gasteiger partial charge in [0, 0.05) is 24.3 Å². The summed E-state index contributed by atoms with van der Waals surface area (Å²) in [6.45, 7) is 6.08. The van der Waals surface area contributed by atoms with Crippen molar-refractivity contribution in [2.24, 2.45) is 0 Å². The molecule has 0 aliphatic heterocycles. The van der Waals surface area contributed by atoms with Crippen LogP contribution >= 0.6 is 0 Å². The molecule has 2 N–H and O–H groups in total. The number of nitrogens with one attached hydrogen (secondary N) is 2. The Kier molecular flexibility index (Phi) is 6.69. The quantitative estimate of drug-likeness (QED) is 0.610. The fraction of sp³-hybridized carbons (Fsp3) is 0.304. The van der Waals surface area contributed by atoms with Crippen molar-refractivity contribution in [2.45, 2.75) is 33.7 Å². The van der Waals surface area contributed by atoms with Crippen LogP contribution in [0.2, 0.25) is 0 Å². The summed E-state index contributed by atoms with van der Waals surface area (Å²) in [5.74, 6) is -0.639. The fourth-order valence-corrected chi connectivity index (χ4v) is 3.46. The second-order valence-electron chi connectivity index (χ2n) is 7.33. The predicted molar refractivity (Wildman–Crippen MR) is 121 cm³/mol. The van der Waals surface area contributed by atoms with Crippen LogP contribution < -0.4 is 16.6 Å². The van der Waals surface area contributed by atoms with Gasteiger partial charge >= 0.3 is 5.69 Å². The molecule has 0 aliphatic rings. The van der Waals surface area contributed by atoms with Crippen molar-refractivity contribution in [1.82, 2.24) is 14.5 Å². The standard InChI is InChI=1S/C23H26N4O4/c1-4-12-26(14-20(28)24-18-9-7-6-8-15(18)3)21(29)16-10-11-17-19(13-16)25-23(31)27(5-2)22(17)30/h6-11,13H,4-5,12,14H2,1-3H3,(H,24,28)(H,25,31). The van der Waals surface area contributed by atoms with Gasteiger partial charge in [0.2, 0.25) is 5.91 Å². The summed E-state index contributed by atoms with van der Waals surface area (Å²) in [5, 5.41) is 3.17. The van der Waals surface area contributed by atoms with Crippen molar-refractivity contribution in [3.8, 4) is 0 Å². The molecule has 0 unspecified atom stereocenters. The summed E-state index contributed by atoms with van der Waals surface area (Å²) in [7, 11) is 0. The van der Waals surface area contributed by atoms with E-state index in [-0.39, 0.29) is 24.9 Å². The van der Waals surface area contributed by atoms with E-state index in [2.05, 4.69) is 10.3 Å². The number of nitrogens with zero attached hydrogens (tertiary/aromatic N) is 2. The number of carbonyl (C=O) groups is 2. The molecule has 0 bridgehead atoms. The van der Waals surface area contributed by atoms with Gasteiger partial charge < -0.3 is 15.2 Å². The third-order valence-corrected chi connectivity index (χ3v) is 5.08. The molecular weight excluding hydrogens is 396 g/mol. The molecule has 1 heterocycles. The van der Waals surface area contributed by atoms with Crippen molar-refractivity contribution in [3.05, 3.63) is 74.4 Å². The molecule has 3 aromatic rings. The van der Waals surface area contributed by atoms with Gasteiger partial charge in [-0.1, -0.05) is 25.1 Å². The summed E-state index contributed by atoms with van der Waals surface area (Å²) in [6, 6.07) is 12.0. The van der Waals surface area contributed by atoms with E-state index in [1.165, 1.54) is 17.0 Å². The molecule has 0 saturated carbocycles. The lowest BCUT2D eigenvalue weighted by Crippen LogP contribution is -2.38. The van der Waals surface area contributed by atoms with Crippen LogP contribution in [0.15, 0.2) is 52.1 Å². The second-order valence-corrected chi connectivity index (χ2v) is 7.33. The van der Waals surface area contributed by atoms with Crippen molar-refractivity contribution in [2.75, 3.05) is 18.4 Å². The number of aromatic amines is 1.